The monoisotopic (exact) mass is 418 g/mol. The molecule has 0 atom stereocenters. The zero-order valence-electron chi connectivity index (χ0n) is 17.0. The predicted octanol–water partition coefficient (Wildman–Crippen LogP) is 4.33. The number of fused-ring (bicyclic) bond motifs is 2. The van der Waals surface area contributed by atoms with Gasteiger partial charge < -0.3 is 5.32 Å². The molecule has 6 aromatic rings. The third kappa shape index (κ3) is 3.33. The van der Waals surface area contributed by atoms with Crippen molar-refractivity contribution in [3.05, 3.63) is 97.2 Å². The minimum Gasteiger partial charge on any atom is -0.323 e. The van der Waals surface area contributed by atoms with Crippen LogP contribution < -0.4 is 5.32 Å². The van der Waals surface area contributed by atoms with Crippen LogP contribution in [0.5, 0.6) is 0 Å². The molecule has 0 spiro atoms. The standard InChI is InChI=1S/C24H18N8/c1-2-5-17(6-3-1)16-32-21-13-20(9-8-18(21)15-27-32)28-24-29-23-22(19-7-4-10-25-14-19)26-11-12-31(23)30-24/h1-15H,16H2,(H,28,30). The Morgan fingerprint density at radius 1 is 0.906 bits per heavy atom. The summed E-state index contributed by atoms with van der Waals surface area (Å²) < 4.78 is 3.72. The van der Waals surface area contributed by atoms with Crippen LogP contribution in [0.1, 0.15) is 5.56 Å². The number of rotatable bonds is 5. The van der Waals surface area contributed by atoms with Gasteiger partial charge in [-0.1, -0.05) is 30.3 Å². The molecule has 1 N–H and O–H groups in total. The topological polar surface area (TPSA) is 85.8 Å². The van der Waals surface area contributed by atoms with Gasteiger partial charge in [-0.2, -0.15) is 10.1 Å². The Morgan fingerprint density at radius 3 is 2.72 bits per heavy atom. The molecular formula is C24H18N8. The maximum Gasteiger partial charge on any atom is 0.247 e. The van der Waals surface area contributed by atoms with Gasteiger partial charge >= 0.3 is 0 Å². The van der Waals surface area contributed by atoms with Crippen LogP contribution in [0.2, 0.25) is 0 Å². The molecule has 0 aliphatic rings. The molecule has 0 aliphatic heterocycles. The summed E-state index contributed by atoms with van der Waals surface area (Å²) in [5.41, 5.74) is 5.42. The van der Waals surface area contributed by atoms with E-state index in [-0.39, 0.29) is 0 Å². The van der Waals surface area contributed by atoms with Gasteiger partial charge in [0.15, 0.2) is 5.65 Å². The Kier molecular flexibility index (Phi) is 4.31. The highest BCUT2D eigenvalue weighted by molar-refractivity contribution is 5.83. The van der Waals surface area contributed by atoms with Crippen LogP contribution in [0.25, 0.3) is 27.8 Å². The number of anilines is 2. The lowest BCUT2D eigenvalue weighted by Gasteiger charge is -2.06. The molecule has 4 heterocycles. The van der Waals surface area contributed by atoms with Crippen molar-refractivity contribution in [2.45, 2.75) is 6.54 Å². The van der Waals surface area contributed by atoms with Crippen LogP contribution >= 0.6 is 0 Å². The van der Waals surface area contributed by atoms with E-state index in [1.165, 1.54) is 5.56 Å². The highest BCUT2D eigenvalue weighted by Gasteiger charge is 2.12. The van der Waals surface area contributed by atoms with Gasteiger partial charge in [-0.15, -0.1) is 5.10 Å². The van der Waals surface area contributed by atoms with Crippen molar-refractivity contribution in [2.75, 3.05) is 5.32 Å². The number of hydrogen-bond donors (Lipinski definition) is 1. The zero-order valence-corrected chi connectivity index (χ0v) is 17.0. The highest BCUT2D eigenvalue weighted by Crippen LogP contribution is 2.24. The molecule has 0 unspecified atom stereocenters. The van der Waals surface area contributed by atoms with Crippen LogP contribution in [0.4, 0.5) is 11.6 Å². The normalized spacial score (nSPS) is 11.2. The number of aromatic nitrogens is 7. The Balaban J connectivity index is 1.34. The van der Waals surface area contributed by atoms with Crippen molar-refractivity contribution >= 4 is 28.2 Å². The van der Waals surface area contributed by atoms with E-state index < -0.39 is 0 Å². The quantitative estimate of drug-likeness (QED) is 0.449. The molecule has 8 nitrogen and oxygen atoms in total. The molecule has 6 rings (SSSR count). The van der Waals surface area contributed by atoms with E-state index in [0.29, 0.717) is 18.1 Å². The van der Waals surface area contributed by atoms with Crippen LogP contribution in [0, 0.1) is 0 Å². The number of benzene rings is 2. The molecular weight excluding hydrogens is 400 g/mol. The molecule has 0 amide bonds. The van der Waals surface area contributed by atoms with Crippen LogP contribution in [-0.2, 0) is 6.54 Å². The molecule has 32 heavy (non-hydrogen) atoms. The van der Waals surface area contributed by atoms with E-state index in [0.717, 1.165) is 27.8 Å². The van der Waals surface area contributed by atoms with E-state index in [2.05, 4.69) is 48.7 Å². The summed E-state index contributed by atoms with van der Waals surface area (Å²) in [5.74, 6) is 0.497. The molecule has 2 aromatic carbocycles. The van der Waals surface area contributed by atoms with Gasteiger partial charge in [0, 0.05) is 41.4 Å². The van der Waals surface area contributed by atoms with Crippen molar-refractivity contribution in [3.63, 3.8) is 0 Å². The van der Waals surface area contributed by atoms with Gasteiger partial charge in [0.1, 0.15) is 5.69 Å². The lowest BCUT2D eigenvalue weighted by atomic mass is 10.2. The van der Waals surface area contributed by atoms with Gasteiger partial charge in [0.25, 0.3) is 0 Å². The number of nitrogens with zero attached hydrogens (tertiary/aromatic N) is 7. The fourth-order valence-corrected chi connectivity index (χ4v) is 3.74. The van der Waals surface area contributed by atoms with Crippen LogP contribution in [0.15, 0.2) is 91.6 Å². The van der Waals surface area contributed by atoms with E-state index in [1.807, 2.05) is 53.3 Å². The smallest absolute Gasteiger partial charge is 0.247 e. The Morgan fingerprint density at radius 2 is 1.84 bits per heavy atom. The van der Waals surface area contributed by atoms with Crippen molar-refractivity contribution in [1.29, 1.82) is 0 Å². The highest BCUT2D eigenvalue weighted by atomic mass is 15.4. The third-order valence-corrected chi connectivity index (χ3v) is 5.27. The molecule has 0 aliphatic carbocycles. The third-order valence-electron chi connectivity index (χ3n) is 5.27. The van der Waals surface area contributed by atoms with E-state index in [4.69, 9.17) is 0 Å². The predicted molar refractivity (Wildman–Crippen MR) is 123 cm³/mol. The van der Waals surface area contributed by atoms with Gasteiger partial charge in [0.2, 0.25) is 5.95 Å². The number of pyridine rings is 1. The van der Waals surface area contributed by atoms with Gasteiger partial charge in [0.05, 0.1) is 18.3 Å². The van der Waals surface area contributed by atoms with Gasteiger partial charge in [-0.05, 0) is 35.9 Å². The Hall–Kier alpha value is -4.59. The van der Waals surface area contributed by atoms with Crippen LogP contribution in [-0.4, -0.2) is 34.3 Å². The van der Waals surface area contributed by atoms with Gasteiger partial charge in [-0.25, -0.2) is 4.52 Å². The van der Waals surface area contributed by atoms with Crippen molar-refractivity contribution in [2.24, 2.45) is 0 Å². The summed E-state index contributed by atoms with van der Waals surface area (Å²) in [6.45, 7) is 0.709. The van der Waals surface area contributed by atoms with Crippen molar-refractivity contribution in [3.8, 4) is 11.3 Å². The lowest BCUT2D eigenvalue weighted by Crippen LogP contribution is -2.01. The molecule has 0 fully saturated rings. The maximum atomic E-state index is 4.67. The maximum absolute atomic E-state index is 4.67. The molecule has 8 heteroatoms. The lowest BCUT2D eigenvalue weighted by molar-refractivity contribution is 0.712. The van der Waals surface area contributed by atoms with Crippen molar-refractivity contribution < 1.29 is 0 Å². The number of hydrogen-bond acceptors (Lipinski definition) is 6. The minimum atomic E-state index is 0.497. The molecule has 0 radical (unpaired) electrons. The summed E-state index contributed by atoms with van der Waals surface area (Å²) in [6, 6.07) is 20.3. The van der Waals surface area contributed by atoms with E-state index >= 15 is 0 Å². The molecule has 154 valence electrons. The molecule has 0 bridgehead atoms. The summed E-state index contributed by atoms with van der Waals surface area (Å²) in [7, 11) is 0. The Bertz CT molecular complexity index is 1520. The Labute approximate surface area is 183 Å². The minimum absolute atomic E-state index is 0.497. The zero-order chi connectivity index (χ0) is 21.3. The first-order valence-electron chi connectivity index (χ1n) is 10.2. The van der Waals surface area contributed by atoms with E-state index in [9.17, 15) is 0 Å². The second-order valence-electron chi connectivity index (χ2n) is 7.41. The summed E-state index contributed by atoms with van der Waals surface area (Å²) in [4.78, 5) is 13.3. The van der Waals surface area contributed by atoms with Crippen LogP contribution in [0.3, 0.4) is 0 Å². The first kappa shape index (κ1) is 18.2. The van der Waals surface area contributed by atoms with Gasteiger partial charge in [-0.3, -0.25) is 14.6 Å². The first-order valence-corrected chi connectivity index (χ1v) is 10.2. The van der Waals surface area contributed by atoms with Crippen molar-refractivity contribution in [1.82, 2.24) is 34.3 Å². The fourth-order valence-electron chi connectivity index (χ4n) is 3.74. The molecule has 0 saturated carbocycles. The summed E-state index contributed by atoms with van der Waals surface area (Å²) in [5, 5.41) is 13.5. The molecule has 0 saturated heterocycles. The summed E-state index contributed by atoms with van der Waals surface area (Å²) in [6.07, 6.45) is 8.88. The number of nitrogens with one attached hydrogen (secondary N) is 1. The first-order chi connectivity index (χ1) is 15.8. The average molecular weight is 418 g/mol. The summed E-state index contributed by atoms with van der Waals surface area (Å²) >= 11 is 0. The second-order valence-corrected chi connectivity index (χ2v) is 7.41. The SMILES string of the molecule is c1ccc(Cn2ncc3ccc(Nc4nc5c(-c6cccnc6)nccn5n4)cc32)cc1. The van der Waals surface area contributed by atoms with E-state index in [1.54, 1.807) is 29.3 Å². The average Bonchev–Trinajstić information content (AvgIpc) is 3.43. The fraction of sp³-hybridized carbons (Fsp3) is 0.0417. The second kappa shape index (κ2) is 7.59. The molecule has 4 aromatic heterocycles. The largest absolute Gasteiger partial charge is 0.323 e.